The van der Waals surface area contributed by atoms with Gasteiger partial charge in [0.05, 0.1) is 21.3 Å². The van der Waals surface area contributed by atoms with Crippen molar-refractivity contribution < 1.29 is 14.2 Å². The van der Waals surface area contributed by atoms with Crippen LogP contribution < -0.4 is 19.5 Å². The number of ether oxygens (including phenoxy) is 3. The molecule has 1 aliphatic rings. The number of hydrogen-bond donors (Lipinski definition) is 1. The molecule has 0 spiro atoms. The second-order valence-electron chi connectivity index (χ2n) is 7.29. The Morgan fingerprint density at radius 1 is 0.900 bits per heavy atom. The molecule has 1 saturated heterocycles. The molecule has 0 saturated carbocycles. The van der Waals surface area contributed by atoms with Crippen LogP contribution in [0.25, 0.3) is 0 Å². The molecular formula is C23H31N3O3S. The van der Waals surface area contributed by atoms with Crippen molar-refractivity contribution in [1.82, 2.24) is 15.1 Å². The SMILES string of the molecule is COc1cccc(CN2CCN(C(=S)NCCc3ccc(OC)c(OC)c3)CC2)c1. The number of nitrogens with one attached hydrogen (secondary N) is 1. The molecule has 1 fully saturated rings. The summed E-state index contributed by atoms with van der Waals surface area (Å²) in [5, 5.41) is 4.23. The zero-order valence-corrected chi connectivity index (χ0v) is 18.8. The van der Waals surface area contributed by atoms with Gasteiger partial charge >= 0.3 is 0 Å². The minimum atomic E-state index is 0.747. The third-order valence-corrected chi connectivity index (χ3v) is 5.74. The van der Waals surface area contributed by atoms with Crippen molar-refractivity contribution in [2.75, 3.05) is 54.1 Å². The highest BCUT2D eigenvalue weighted by Crippen LogP contribution is 2.27. The van der Waals surface area contributed by atoms with Gasteiger partial charge in [0.25, 0.3) is 0 Å². The van der Waals surface area contributed by atoms with Crippen LogP contribution in [0.4, 0.5) is 0 Å². The molecular weight excluding hydrogens is 398 g/mol. The Morgan fingerprint density at radius 3 is 2.37 bits per heavy atom. The van der Waals surface area contributed by atoms with E-state index in [4.69, 9.17) is 26.4 Å². The number of methoxy groups -OCH3 is 3. The molecule has 30 heavy (non-hydrogen) atoms. The first-order valence-electron chi connectivity index (χ1n) is 10.2. The van der Waals surface area contributed by atoms with Crippen LogP contribution in [0.1, 0.15) is 11.1 Å². The number of nitrogens with zero attached hydrogens (tertiary/aromatic N) is 2. The number of hydrogen-bond acceptors (Lipinski definition) is 5. The Hall–Kier alpha value is -2.51. The Kier molecular flexibility index (Phi) is 8.16. The zero-order chi connectivity index (χ0) is 21.3. The van der Waals surface area contributed by atoms with Gasteiger partial charge in [0.2, 0.25) is 0 Å². The third kappa shape index (κ3) is 6.00. The van der Waals surface area contributed by atoms with Crippen LogP contribution in [0.3, 0.4) is 0 Å². The van der Waals surface area contributed by atoms with Crippen molar-refractivity contribution >= 4 is 17.3 Å². The van der Waals surface area contributed by atoms with Crippen molar-refractivity contribution in [1.29, 1.82) is 0 Å². The molecule has 3 rings (SSSR count). The van der Waals surface area contributed by atoms with Crippen LogP contribution in [-0.4, -0.2) is 69.0 Å². The molecule has 0 amide bonds. The van der Waals surface area contributed by atoms with Gasteiger partial charge in [-0.15, -0.1) is 0 Å². The van der Waals surface area contributed by atoms with E-state index < -0.39 is 0 Å². The molecule has 0 atom stereocenters. The van der Waals surface area contributed by atoms with E-state index >= 15 is 0 Å². The van der Waals surface area contributed by atoms with Crippen LogP contribution in [-0.2, 0) is 13.0 Å². The van der Waals surface area contributed by atoms with Gasteiger partial charge < -0.3 is 24.4 Å². The minimum Gasteiger partial charge on any atom is -0.497 e. The van der Waals surface area contributed by atoms with E-state index in [2.05, 4.69) is 33.3 Å². The molecule has 0 bridgehead atoms. The predicted octanol–water partition coefficient (Wildman–Crippen LogP) is 2.95. The maximum atomic E-state index is 5.61. The maximum Gasteiger partial charge on any atom is 0.169 e. The topological polar surface area (TPSA) is 46.2 Å². The highest BCUT2D eigenvalue weighted by atomic mass is 32.1. The van der Waals surface area contributed by atoms with Gasteiger partial charge in [-0.05, 0) is 54.0 Å². The summed E-state index contributed by atoms with van der Waals surface area (Å²) in [5.74, 6) is 2.41. The van der Waals surface area contributed by atoms with E-state index in [1.54, 1.807) is 21.3 Å². The van der Waals surface area contributed by atoms with Crippen molar-refractivity contribution in [3.63, 3.8) is 0 Å². The Morgan fingerprint density at radius 2 is 1.67 bits per heavy atom. The molecule has 2 aromatic rings. The molecule has 0 aliphatic carbocycles. The maximum absolute atomic E-state index is 5.61. The van der Waals surface area contributed by atoms with E-state index in [0.717, 1.165) is 68.1 Å². The Bertz CT molecular complexity index is 838. The van der Waals surface area contributed by atoms with Crippen LogP contribution in [0.15, 0.2) is 42.5 Å². The zero-order valence-electron chi connectivity index (χ0n) is 18.0. The van der Waals surface area contributed by atoms with Gasteiger partial charge in [0, 0.05) is 39.3 Å². The average Bonchev–Trinajstić information content (AvgIpc) is 2.79. The number of benzene rings is 2. The summed E-state index contributed by atoms with van der Waals surface area (Å²) in [6, 6.07) is 14.3. The molecule has 1 heterocycles. The smallest absolute Gasteiger partial charge is 0.169 e. The summed E-state index contributed by atoms with van der Waals surface area (Å²) in [4.78, 5) is 4.71. The summed E-state index contributed by atoms with van der Waals surface area (Å²) in [7, 11) is 5.01. The fourth-order valence-electron chi connectivity index (χ4n) is 3.60. The lowest BCUT2D eigenvalue weighted by Crippen LogP contribution is -2.51. The van der Waals surface area contributed by atoms with Crippen LogP contribution in [0, 0.1) is 0 Å². The van der Waals surface area contributed by atoms with Gasteiger partial charge in [-0.1, -0.05) is 18.2 Å². The van der Waals surface area contributed by atoms with Gasteiger partial charge in [-0.25, -0.2) is 0 Å². The highest BCUT2D eigenvalue weighted by molar-refractivity contribution is 7.80. The Labute approximate surface area is 184 Å². The normalized spacial score (nSPS) is 14.3. The van der Waals surface area contributed by atoms with Crippen molar-refractivity contribution in [3.8, 4) is 17.2 Å². The molecule has 0 aromatic heterocycles. The van der Waals surface area contributed by atoms with Gasteiger partial charge in [0.15, 0.2) is 16.6 Å². The number of thiocarbonyl (C=S) groups is 1. The molecule has 6 nitrogen and oxygen atoms in total. The van der Waals surface area contributed by atoms with Crippen LogP contribution >= 0.6 is 12.2 Å². The summed E-state index contributed by atoms with van der Waals surface area (Å²) < 4.78 is 16.0. The standard InChI is InChI=1S/C23H31N3O3S/c1-27-20-6-4-5-19(15-20)17-25-11-13-26(14-12-25)23(30)24-10-9-18-7-8-21(28-2)22(16-18)29-3/h4-8,15-16H,9-14,17H2,1-3H3,(H,24,30). The molecule has 0 radical (unpaired) electrons. The first kappa shape index (κ1) is 22.2. The highest BCUT2D eigenvalue weighted by Gasteiger charge is 2.19. The van der Waals surface area contributed by atoms with Crippen molar-refractivity contribution in [3.05, 3.63) is 53.6 Å². The van der Waals surface area contributed by atoms with E-state index in [-0.39, 0.29) is 0 Å². The quantitative estimate of drug-likeness (QED) is 0.648. The first-order valence-corrected chi connectivity index (χ1v) is 10.6. The summed E-state index contributed by atoms with van der Waals surface area (Å²) in [5.41, 5.74) is 2.46. The van der Waals surface area contributed by atoms with Gasteiger partial charge in [-0.3, -0.25) is 4.90 Å². The van der Waals surface area contributed by atoms with Crippen molar-refractivity contribution in [2.45, 2.75) is 13.0 Å². The fourth-order valence-corrected chi connectivity index (χ4v) is 3.88. The molecule has 162 valence electrons. The first-order chi connectivity index (χ1) is 14.6. The lowest BCUT2D eigenvalue weighted by atomic mass is 10.1. The average molecular weight is 430 g/mol. The summed E-state index contributed by atoms with van der Waals surface area (Å²) >= 11 is 5.61. The lowest BCUT2D eigenvalue weighted by molar-refractivity contribution is 0.174. The molecule has 1 N–H and O–H groups in total. The molecule has 2 aromatic carbocycles. The summed E-state index contributed by atoms with van der Waals surface area (Å²) in [6.45, 7) is 5.59. The Balaban J connectivity index is 1.41. The lowest BCUT2D eigenvalue weighted by Gasteiger charge is -2.36. The number of rotatable bonds is 8. The summed E-state index contributed by atoms with van der Waals surface area (Å²) in [6.07, 6.45) is 0.871. The molecule has 0 unspecified atom stereocenters. The molecule has 7 heteroatoms. The van der Waals surface area contributed by atoms with Gasteiger partial charge in [-0.2, -0.15) is 0 Å². The van der Waals surface area contributed by atoms with E-state index in [9.17, 15) is 0 Å². The second-order valence-corrected chi connectivity index (χ2v) is 7.67. The van der Waals surface area contributed by atoms with Gasteiger partial charge in [0.1, 0.15) is 5.75 Å². The number of piperazine rings is 1. The second kappa shape index (κ2) is 11.0. The van der Waals surface area contributed by atoms with E-state index in [1.165, 1.54) is 11.1 Å². The fraction of sp³-hybridized carbons (Fsp3) is 0.435. The van der Waals surface area contributed by atoms with Crippen LogP contribution in [0.2, 0.25) is 0 Å². The van der Waals surface area contributed by atoms with E-state index in [0.29, 0.717) is 0 Å². The van der Waals surface area contributed by atoms with Crippen molar-refractivity contribution in [2.24, 2.45) is 0 Å². The van der Waals surface area contributed by atoms with Crippen LogP contribution in [0.5, 0.6) is 17.2 Å². The third-order valence-electron chi connectivity index (χ3n) is 5.34. The van der Waals surface area contributed by atoms with E-state index in [1.807, 2.05) is 24.3 Å². The minimum absolute atomic E-state index is 0.747. The monoisotopic (exact) mass is 429 g/mol. The predicted molar refractivity (Wildman–Crippen MR) is 124 cm³/mol. The molecule has 1 aliphatic heterocycles. The largest absolute Gasteiger partial charge is 0.497 e.